The predicted octanol–water partition coefficient (Wildman–Crippen LogP) is 3.64. The van der Waals surface area contributed by atoms with Crippen LogP contribution in [0.5, 0.6) is 0 Å². The standard InChI is InChI=1S/C11H13BrOS2/c1-14-10-4-3-8(5-9(13)7-12)11(6-10)15-2/h3-4,6H,5,7H2,1-2H3. The number of hydrogen-bond acceptors (Lipinski definition) is 3. The zero-order chi connectivity index (χ0) is 11.3. The normalized spacial score (nSPS) is 10.3. The number of thioether (sulfide) groups is 2. The third-order valence-corrected chi connectivity index (χ3v) is 4.20. The first kappa shape index (κ1) is 13.1. The molecule has 1 rings (SSSR count). The van der Waals surface area contributed by atoms with Gasteiger partial charge in [-0.2, -0.15) is 0 Å². The molecule has 0 amide bonds. The van der Waals surface area contributed by atoms with Gasteiger partial charge in [0.15, 0.2) is 0 Å². The summed E-state index contributed by atoms with van der Waals surface area (Å²) in [5.74, 6) is 0.224. The van der Waals surface area contributed by atoms with Gasteiger partial charge in [0, 0.05) is 16.2 Å². The van der Waals surface area contributed by atoms with Crippen molar-refractivity contribution in [1.82, 2.24) is 0 Å². The molecule has 0 spiro atoms. The van der Waals surface area contributed by atoms with Crippen LogP contribution in [0.3, 0.4) is 0 Å². The summed E-state index contributed by atoms with van der Waals surface area (Å²) in [5, 5.41) is 0.436. The fourth-order valence-corrected chi connectivity index (χ4v) is 2.62. The number of carbonyl (C=O) groups excluding carboxylic acids is 1. The molecule has 1 nitrogen and oxygen atoms in total. The number of halogens is 1. The van der Waals surface area contributed by atoms with Crippen molar-refractivity contribution in [2.45, 2.75) is 16.2 Å². The van der Waals surface area contributed by atoms with E-state index in [4.69, 9.17) is 0 Å². The Bertz CT molecular complexity index is 352. The molecule has 0 aliphatic carbocycles. The van der Waals surface area contributed by atoms with Crippen molar-refractivity contribution in [2.75, 3.05) is 17.8 Å². The van der Waals surface area contributed by atoms with E-state index >= 15 is 0 Å². The summed E-state index contributed by atoms with van der Waals surface area (Å²) >= 11 is 6.61. The van der Waals surface area contributed by atoms with Gasteiger partial charge in [0.2, 0.25) is 0 Å². The van der Waals surface area contributed by atoms with Gasteiger partial charge in [-0.1, -0.05) is 22.0 Å². The Morgan fingerprint density at radius 1 is 1.33 bits per heavy atom. The Hall–Kier alpha value is 0.0700. The average molecular weight is 305 g/mol. The first-order valence-corrected chi connectivity index (χ1v) is 8.07. The van der Waals surface area contributed by atoms with Gasteiger partial charge in [-0.25, -0.2) is 0 Å². The summed E-state index contributed by atoms with van der Waals surface area (Å²) in [5.41, 5.74) is 1.13. The van der Waals surface area contributed by atoms with E-state index in [0.717, 1.165) is 5.56 Å². The lowest BCUT2D eigenvalue weighted by Gasteiger charge is -2.07. The molecule has 15 heavy (non-hydrogen) atoms. The Morgan fingerprint density at radius 3 is 2.60 bits per heavy atom. The van der Waals surface area contributed by atoms with Crippen LogP contribution in [0.25, 0.3) is 0 Å². The minimum Gasteiger partial charge on any atom is -0.298 e. The van der Waals surface area contributed by atoms with Gasteiger partial charge < -0.3 is 0 Å². The van der Waals surface area contributed by atoms with Gasteiger partial charge >= 0.3 is 0 Å². The fourth-order valence-electron chi connectivity index (χ4n) is 1.26. The minimum atomic E-state index is 0.224. The lowest BCUT2D eigenvalue weighted by Crippen LogP contribution is -2.04. The van der Waals surface area contributed by atoms with Crippen molar-refractivity contribution < 1.29 is 4.79 Å². The van der Waals surface area contributed by atoms with E-state index in [0.29, 0.717) is 11.8 Å². The molecule has 0 unspecified atom stereocenters. The number of alkyl halides is 1. The van der Waals surface area contributed by atoms with Crippen molar-refractivity contribution in [3.05, 3.63) is 23.8 Å². The van der Waals surface area contributed by atoms with Gasteiger partial charge in [-0.05, 0) is 30.2 Å². The second-order valence-electron chi connectivity index (χ2n) is 3.03. The molecule has 0 atom stereocenters. The molecular weight excluding hydrogens is 292 g/mol. The van der Waals surface area contributed by atoms with Crippen LogP contribution in [-0.2, 0) is 11.2 Å². The molecule has 0 heterocycles. The van der Waals surface area contributed by atoms with Crippen molar-refractivity contribution in [3.63, 3.8) is 0 Å². The average Bonchev–Trinajstić information content (AvgIpc) is 2.29. The Labute approximate surface area is 108 Å². The molecule has 0 aliphatic heterocycles. The Kier molecular flexibility index (Phi) is 5.79. The zero-order valence-electron chi connectivity index (χ0n) is 8.75. The summed E-state index contributed by atoms with van der Waals surface area (Å²) in [4.78, 5) is 13.8. The molecule has 4 heteroatoms. The summed E-state index contributed by atoms with van der Waals surface area (Å²) in [6.45, 7) is 0. The number of ketones is 1. The highest BCUT2D eigenvalue weighted by Crippen LogP contribution is 2.26. The molecule has 0 radical (unpaired) electrons. The van der Waals surface area contributed by atoms with E-state index < -0.39 is 0 Å². The van der Waals surface area contributed by atoms with Crippen molar-refractivity contribution in [1.29, 1.82) is 0 Å². The van der Waals surface area contributed by atoms with E-state index in [1.165, 1.54) is 9.79 Å². The van der Waals surface area contributed by atoms with E-state index in [-0.39, 0.29) is 5.78 Å². The van der Waals surface area contributed by atoms with Gasteiger partial charge in [0.05, 0.1) is 5.33 Å². The van der Waals surface area contributed by atoms with Crippen LogP contribution in [0, 0.1) is 0 Å². The number of benzene rings is 1. The van der Waals surface area contributed by atoms with Crippen LogP contribution >= 0.6 is 39.5 Å². The maximum Gasteiger partial charge on any atom is 0.147 e. The second-order valence-corrected chi connectivity index (χ2v) is 5.32. The van der Waals surface area contributed by atoms with Crippen molar-refractivity contribution in [2.24, 2.45) is 0 Å². The van der Waals surface area contributed by atoms with Gasteiger partial charge in [0.1, 0.15) is 5.78 Å². The number of rotatable bonds is 5. The van der Waals surface area contributed by atoms with Crippen LogP contribution in [0.2, 0.25) is 0 Å². The maximum atomic E-state index is 11.3. The number of carbonyl (C=O) groups is 1. The van der Waals surface area contributed by atoms with E-state index in [9.17, 15) is 4.79 Å². The molecule has 82 valence electrons. The summed E-state index contributed by atoms with van der Waals surface area (Å²) in [6.07, 6.45) is 4.63. The minimum absolute atomic E-state index is 0.224. The molecule has 0 aliphatic rings. The maximum absolute atomic E-state index is 11.3. The lowest BCUT2D eigenvalue weighted by atomic mass is 10.1. The highest BCUT2D eigenvalue weighted by Gasteiger charge is 2.07. The molecule has 0 saturated heterocycles. The summed E-state index contributed by atoms with van der Waals surface area (Å²) in [6, 6.07) is 6.27. The lowest BCUT2D eigenvalue weighted by molar-refractivity contribution is -0.115. The highest BCUT2D eigenvalue weighted by atomic mass is 79.9. The molecule has 1 aromatic carbocycles. The Balaban J connectivity index is 2.92. The van der Waals surface area contributed by atoms with Crippen molar-refractivity contribution in [3.8, 4) is 0 Å². The third kappa shape index (κ3) is 3.85. The van der Waals surface area contributed by atoms with Gasteiger partial charge in [-0.3, -0.25) is 4.79 Å². The second kappa shape index (κ2) is 6.61. The molecule has 0 saturated carbocycles. The van der Waals surface area contributed by atoms with Crippen LogP contribution < -0.4 is 0 Å². The van der Waals surface area contributed by atoms with E-state index in [1.54, 1.807) is 23.5 Å². The fraction of sp³-hybridized carbons (Fsp3) is 0.364. The first-order chi connectivity index (χ1) is 7.21. The molecular formula is C11H13BrOS2. The van der Waals surface area contributed by atoms with Crippen LogP contribution in [0.15, 0.2) is 28.0 Å². The molecule has 0 fully saturated rings. The van der Waals surface area contributed by atoms with Crippen molar-refractivity contribution >= 4 is 45.2 Å². The predicted molar refractivity (Wildman–Crippen MR) is 72.5 cm³/mol. The number of Topliss-reactive ketones (excluding diaryl/α,β-unsaturated/α-hetero) is 1. The highest BCUT2D eigenvalue weighted by molar-refractivity contribution is 9.09. The molecule has 0 N–H and O–H groups in total. The van der Waals surface area contributed by atoms with Gasteiger partial charge in [0.25, 0.3) is 0 Å². The van der Waals surface area contributed by atoms with E-state index in [1.807, 2.05) is 6.26 Å². The first-order valence-electron chi connectivity index (χ1n) is 4.49. The SMILES string of the molecule is CSc1ccc(CC(=O)CBr)c(SC)c1. The monoisotopic (exact) mass is 304 g/mol. The molecule has 1 aromatic rings. The zero-order valence-corrected chi connectivity index (χ0v) is 12.0. The summed E-state index contributed by atoms with van der Waals surface area (Å²) in [7, 11) is 0. The van der Waals surface area contributed by atoms with E-state index in [2.05, 4.69) is 40.4 Å². The largest absolute Gasteiger partial charge is 0.298 e. The topological polar surface area (TPSA) is 17.1 Å². The smallest absolute Gasteiger partial charge is 0.147 e. The summed E-state index contributed by atoms with van der Waals surface area (Å²) < 4.78 is 0. The Morgan fingerprint density at radius 2 is 2.07 bits per heavy atom. The van der Waals surface area contributed by atoms with Crippen LogP contribution in [0.4, 0.5) is 0 Å². The number of hydrogen-bond donors (Lipinski definition) is 0. The molecule has 0 aromatic heterocycles. The van der Waals surface area contributed by atoms with Crippen LogP contribution in [-0.4, -0.2) is 23.6 Å². The van der Waals surface area contributed by atoms with Gasteiger partial charge in [-0.15, -0.1) is 23.5 Å². The quantitative estimate of drug-likeness (QED) is 0.611. The third-order valence-electron chi connectivity index (χ3n) is 2.03. The molecule has 0 bridgehead atoms. The van der Waals surface area contributed by atoms with Crippen LogP contribution in [0.1, 0.15) is 5.56 Å².